The molecule has 0 aromatic heterocycles. The number of para-hydroxylation sites is 2. The van der Waals surface area contributed by atoms with Gasteiger partial charge in [-0.3, -0.25) is 4.90 Å². The molecule has 0 amide bonds. The Morgan fingerprint density at radius 2 is 1.06 bits per heavy atom. The third-order valence-electron chi connectivity index (χ3n) is 6.38. The lowest BCUT2D eigenvalue weighted by atomic mass is 10.0. The van der Waals surface area contributed by atoms with Crippen molar-refractivity contribution in [1.82, 2.24) is 0 Å². The maximum atomic E-state index is 11.2. The minimum atomic E-state index is 0.129. The Balaban J connectivity index is 2.01. The van der Waals surface area contributed by atoms with Crippen LogP contribution in [0.25, 0.3) is 0 Å². The number of rotatable bonds is 5. The summed E-state index contributed by atoms with van der Waals surface area (Å²) in [6, 6.07) is 18.6. The Bertz CT molecular complexity index is 1370. The van der Waals surface area contributed by atoms with Crippen LogP contribution in [-0.2, 0) is 0 Å². The monoisotopic (exact) mass is 469 g/mol. The smallest absolute Gasteiger partial charge is 0.151 e. The molecule has 35 heavy (non-hydrogen) atoms. The molecule has 5 heteroatoms. The van der Waals surface area contributed by atoms with E-state index < -0.39 is 0 Å². The van der Waals surface area contributed by atoms with E-state index in [2.05, 4.69) is 0 Å². The second-order valence-electron chi connectivity index (χ2n) is 9.10. The summed E-state index contributed by atoms with van der Waals surface area (Å²) in [4.78, 5) is 1.86. The molecule has 0 heterocycles. The van der Waals surface area contributed by atoms with Gasteiger partial charge in [-0.05, 0) is 93.1 Å². The zero-order valence-electron chi connectivity index (χ0n) is 21.0. The van der Waals surface area contributed by atoms with Crippen LogP contribution >= 0.6 is 0 Å². The molecule has 4 rings (SSSR count). The van der Waals surface area contributed by atoms with Crippen LogP contribution in [-0.4, -0.2) is 15.3 Å². The molecule has 0 fully saturated rings. The van der Waals surface area contributed by atoms with Gasteiger partial charge in [0, 0.05) is 6.07 Å². The topological polar surface area (TPSA) is 73.2 Å². The van der Waals surface area contributed by atoms with Gasteiger partial charge in [0.1, 0.15) is 23.0 Å². The quantitative estimate of drug-likeness (QED) is 0.277. The number of phenols is 3. The highest BCUT2D eigenvalue weighted by Gasteiger charge is 2.27. The Labute approximate surface area is 206 Å². The maximum absolute atomic E-state index is 11.2. The van der Waals surface area contributed by atoms with Gasteiger partial charge in [0.2, 0.25) is 0 Å². The van der Waals surface area contributed by atoms with E-state index in [4.69, 9.17) is 4.74 Å². The molecule has 3 N–H and O–H groups in total. The van der Waals surface area contributed by atoms with Gasteiger partial charge in [0.05, 0.1) is 17.1 Å². The minimum absolute atomic E-state index is 0.129. The summed E-state index contributed by atoms with van der Waals surface area (Å²) >= 11 is 0. The number of aryl methyl sites for hydroxylation is 6. The number of aromatic hydroxyl groups is 3. The predicted molar refractivity (Wildman–Crippen MR) is 141 cm³/mol. The normalized spacial score (nSPS) is 10.9. The molecule has 4 aromatic carbocycles. The lowest BCUT2D eigenvalue weighted by Crippen LogP contribution is -2.15. The number of hydrogen-bond donors (Lipinski definition) is 3. The number of hydrogen-bond acceptors (Lipinski definition) is 5. The lowest BCUT2D eigenvalue weighted by molar-refractivity contribution is 0.450. The summed E-state index contributed by atoms with van der Waals surface area (Å²) in [6.45, 7) is 11.3. The van der Waals surface area contributed by atoms with Crippen molar-refractivity contribution in [3.05, 3.63) is 94.0 Å². The average molecular weight is 470 g/mol. The van der Waals surface area contributed by atoms with Crippen LogP contribution in [0.3, 0.4) is 0 Å². The summed E-state index contributed by atoms with van der Waals surface area (Å²) in [7, 11) is 0. The van der Waals surface area contributed by atoms with Gasteiger partial charge in [-0.1, -0.05) is 36.4 Å². The zero-order chi connectivity index (χ0) is 25.4. The van der Waals surface area contributed by atoms with Gasteiger partial charge in [-0.15, -0.1) is 0 Å². The van der Waals surface area contributed by atoms with Crippen LogP contribution in [0.5, 0.6) is 28.7 Å². The molecule has 5 nitrogen and oxygen atoms in total. The highest BCUT2D eigenvalue weighted by atomic mass is 16.5. The minimum Gasteiger partial charge on any atom is -0.508 e. The number of phenolic OH excluding ortho intramolecular Hbond substituents is 3. The van der Waals surface area contributed by atoms with Crippen LogP contribution in [0.2, 0.25) is 0 Å². The van der Waals surface area contributed by atoms with Crippen molar-refractivity contribution in [2.24, 2.45) is 0 Å². The van der Waals surface area contributed by atoms with E-state index in [-0.39, 0.29) is 17.2 Å². The standard InChI is InChI=1S/C30H31NO4/c1-17-11-13-19(3)29(33)27(17)31(28-18(2)12-14-20(4)30(28)34)23-9-7-8-10-25(23)35-26-16-24(32)21(5)15-22(26)6/h7-16,32-34H,1-6H3. The highest BCUT2D eigenvalue weighted by molar-refractivity contribution is 5.89. The van der Waals surface area contributed by atoms with E-state index in [0.717, 1.165) is 33.4 Å². The molecule has 0 spiro atoms. The summed E-state index contributed by atoms with van der Waals surface area (Å²) in [5.74, 6) is 1.45. The first-order chi connectivity index (χ1) is 16.6. The fraction of sp³-hybridized carbons (Fsp3) is 0.200. The average Bonchev–Trinajstić information content (AvgIpc) is 2.82. The highest BCUT2D eigenvalue weighted by Crippen LogP contribution is 2.51. The molecule has 0 radical (unpaired) electrons. The Morgan fingerprint density at radius 3 is 1.63 bits per heavy atom. The van der Waals surface area contributed by atoms with Crippen molar-refractivity contribution in [3.8, 4) is 28.7 Å². The van der Waals surface area contributed by atoms with Crippen molar-refractivity contribution in [3.63, 3.8) is 0 Å². The molecule has 0 aliphatic heterocycles. The molecule has 0 saturated carbocycles. The number of benzene rings is 4. The fourth-order valence-electron chi connectivity index (χ4n) is 4.26. The zero-order valence-corrected chi connectivity index (χ0v) is 21.0. The van der Waals surface area contributed by atoms with Crippen molar-refractivity contribution in [2.45, 2.75) is 41.5 Å². The van der Waals surface area contributed by atoms with Gasteiger partial charge in [0.15, 0.2) is 5.75 Å². The van der Waals surface area contributed by atoms with Gasteiger partial charge < -0.3 is 20.1 Å². The predicted octanol–water partition coefficient (Wildman–Crippen LogP) is 7.92. The first kappa shape index (κ1) is 24.0. The largest absolute Gasteiger partial charge is 0.508 e. The van der Waals surface area contributed by atoms with E-state index in [1.807, 2.05) is 101 Å². The summed E-state index contributed by atoms with van der Waals surface area (Å²) < 4.78 is 6.36. The molecule has 4 aromatic rings. The van der Waals surface area contributed by atoms with E-state index in [1.54, 1.807) is 6.07 Å². The fourth-order valence-corrected chi connectivity index (χ4v) is 4.26. The van der Waals surface area contributed by atoms with Gasteiger partial charge in [-0.25, -0.2) is 0 Å². The number of nitrogens with zero attached hydrogens (tertiary/aromatic N) is 1. The van der Waals surface area contributed by atoms with Gasteiger partial charge in [-0.2, -0.15) is 0 Å². The molecular formula is C30H31NO4. The van der Waals surface area contributed by atoms with Crippen molar-refractivity contribution < 1.29 is 20.1 Å². The number of anilines is 3. The third-order valence-corrected chi connectivity index (χ3v) is 6.38. The Kier molecular flexibility index (Phi) is 6.35. The molecule has 0 atom stereocenters. The second kappa shape index (κ2) is 9.26. The summed E-state index contributed by atoms with van der Waals surface area (Å²) in [5.41, 5.74) is 6.54. The van der Waals surface area contributed by atoms with E-state index in [1.165, 1.54) is 0 Å². The lowest BCUT2D eigenvalue weighted by Gasteiger charge is -2.31. The molecule has 0 bridgehead atoms. The molecule has 0 saturated heterocycles. The Morgan fingerprint density at radius 1 is 0.543 bits per heavy atom. The van der Waals surface area contributed by atoms with E-state index >= 15 is 0 Å². The molecule has 180 valence electrons. The van der Waals surface area contributed by atoms with Crippen molar-refractivity contribution in [2.75, 3.05) is 4.90 Å². The van der Waals surface area contributed by atoms with Gasteiger partial charge >= 0.3 is 0 Å². The van der Waals surface area contributed by atoms with Crippen LogP contribution in [0, 0.1) is 41.5 Å². The van der Waals surface area contributed by atoms with Crippen molar-refractivity contribution in [1.29, 1.82) is 0 Å². The van der Waals surface area contributed by atoms with Crippen LogP contribution in [0.4, 0.5) is 17.1 Å². The van der Waals surface area contributed by atoms with Gasteiger partial charge in [0.25, 0.3) is 0 Å². The summed E-state index contributed by atoms with van der Waals surface area (Å²) in [5, 5.41) is 32.7. The summed E-state index contributed by atoms with van der Waals surface area (Å²) in [6.07, 6.45) is 0. The van der Waals surface area contributed by atoms with E-state index in [0.29, 0.717) is 28.6 Å². The van der Waals surface area contributed by atoms with Crippen LogP contribution in [0.15, 0.2) is 60.7 Å². The molecule has 0 aliphatic carbocycles. The van der Waals surface area contributed by atoms with Crippen LogP contribution < -0.4 is 9.64 Å². The first-order valence-corrected chi connectivity index (χ1v) is 11.6. The Hall–Kier alpha value is -4.12. The van der Waals surface area contributed by atoms with Crippen molar-refractivity contribution >= 4 is 17.1 Å². The maximum Gasteiger partial charge on any atom is 0.151 e. The third kappa shape index (κ3) is 4.37. The number of ether oxygens (including phenoxy) is 1. The first-order valence-electron chi connectivity index (χ1n) is 11.6. The SMILES string of the molecule is Cc1cc(C)c(Oc2ccccc2N(c2c(C)ccc(C)c2O)c2c(C)ccc(C)c2O)cc1O. The van der Waals surface area contributed by atoms with Crippen LogP contribution in [0.1, 0.15) is 33.4 Å². The second-order valence-corrected chi connectivity index (χ2v) is 9.10. The molecular weight excluding hydrogens is 438 g/mol. The molecule has 0 unspecified atom stereocenters. The molecule has 0 aliphatic rings. The van der Waals surface area contributed by atoms with E-state index in [9.17, 15) is 15.3 Å².